The molecule has 0 atom stereocenters. The second kappa shape index (κ2) is 10.8. The molecule has 5 rings (SSSR count). The Hall–Kier alpha value is -3.85. The molecule has 1 amide bonds. The standard InChI is InChI=1S/C27H32N8O/c1-20-23(21(2)35-27(31-20)29-19-30-35)7-8-26(36)32-24-5-3-4-6-25(24)34-17-15-33(16-18-34)14-11-22-9-12-28-13-10-22/h3-6,9-10,12-13,19H,7-8,11,14-18H2,1-2H3,(H,32,36). The summed E-state index contributed by atoms with van der Waals surface area (Å²) >= 11 is 0. The van der Waals surface area contributed by atoms with Crippen LogP contribution in [0.25, 0.3) is 5.78 Å². The van der Waals surface area contributed by atoms with Gasteiger partial charge in [-0.25, -0.2) is 9.50 Å². The number of anilines is 2. The van der Waals surface area contributed by atoms with Crippen LogP contribution in [0.5, 0.6) is 0 Å². The summed E-state index contributed by atoms with van der Waals surface area (Å²) in [5.41, 5.74) is 6.18. The zero-order valence-corrected chi connectivity index (χ0v) is 20.9. The number of para-hydroxylation sites is 2. The highest BCUT2D eigenvalue weighted by molar-refractivity contribution is 5.94. The van der Waals surface area contributed by atoms with E-state index in [1.165, 1.54) is 11.9 Å². The van der Waals surface area contributed by atoms with E-state index in [1.807, 2.05) is 44.4 Å². The first kappa shape index (κ1) is 23.9. The molecule has 4 aromatic rings. The lowest BCUT2D eigenvalue weighted by molar-refractivity contribution is -0.116. The predicted octanol–water partition coefficient (Wildman–Crippen LogP) is 3.07. The van der Waals surface area contributed by atoms with E-state index < -0.39 is 0 Å². The number of fused-ring (bicyclic) bond motifs is 1. The van der Waals surface area contributed by atoms with Crippen molar-refractivity contribution in [1.82, 2.24) is 29.5 Å². The van der Waals surface area contributed by atoms with E-state index in [9.17, 15) is 4.79 Å². The number of aryl methyl sites for hydroxylation is 2. The maximum atomic E-state index is 12.9. The van der Waals surface area contributed by atoms with E-state index in [2.05, 4.69) is 53.4 Å². The number of carbonyl (C=O) groups excluding carboxylic acids is 1. The molecule has 0 spiro atoms. The van der Waals surface area contributed by atoms with E-state index in [0.717, 1.165) is 67.5 Å². The van der Waals surface area contributed by atoms with Gasteiger partial charge in [0.05, 0.1) is 11.4 Å². The van der Waals surface area contributed by atoms with Crippen molar-refractivity contribution < 1.29 is 4.79 Å². The summed E-state index contributed by atoms with van der Waals surface area (Å²) in [6.07, 6.45) is 7.22. The van der Waals surface area contributed by atoms with Gasteiger partial charge >= 0.3 is 0 Å². The maximum absolute atomic E-state index is 12.9. The molecule has 1 N–H and O–H groups in total. The first-order valence-corrected chi connectivity index (χ1v) is 12.5. The van der Waals surface area contributed by atoms with Crippen molar-refractivity contribution in [3.63, 3.8) is 0 Å². The smallest absolute Gasteiger partial charge is 0.252 e. The molecular formula is C27H32N8O. The van der Waals surface area contributed by atoms with Crippen LogP contribution in [0, 0.1) is 13.8 Å². The fourth-order valence-corrected chi connectivity index (χ4v) is 4.87. The van der Waals surface area contributed by atoms with Crippen LogP contribution < -0.4 is 10.2 Å². The van der Waals surface area contributed by atoms with E-state index in [1.54, 1.807) is 4.52 Å². The van der Waals surface area contributed by atoms with Crippen molar-refractivity contribution in [1.29, 1.82) is 0 Å². The van der Waals surface area contributed by atoms with Gasteiger partial charge in [0.2, 0.25) is 5.91 Å². The van der Waals surface area contributed by atoms with Gasteiger partial charge < -0.3 is 10.2 Å². The lowest BCUT2D eigenvalue weighted by Gasteiger charge is -2.37. The second-order valence-electron chi connectivity index (χ2n) is 9.23. The Morgan fingerprint density at radius 1 is 1.00 bits per heavy atom. The lowest BCUT2D eigenvalue weighted by Crippen LogP contribution is -2.47. The van der Waals surface area contributed by atoms with Gasteiger partial charge in [0, 0.05) is 62.9 Å². The van der Waals surface area contributed by atoms with Crippen molar-refractivity contribution in [3.8, 4) is 0 Å². The van der Waals surface area contributed by atoms with Crippen molar-refractivity contribution in [3.05, 3.63) is 77.6 Å². The number of rotatable bonds is 8. The monoisotopic (exact) mass is 484 g/mol. The number of hydrogen-bond acceptors (Lipinski definition) is 7. The van der Waals surface area contributed by atoms with Gasteiger partial charge in [-0.15, -0.1) is 0 Å². The average Bonchev–Trinajstić information content (AvgIpc) is 3.37. The summed E-state index contributed by atoms with van der Waals surface area (Å²) in [5, 5.41) is 7.39. The van der Waals surface area contributed by atoms with Crippen LogP contribution in [0.15, 0.2) is 55.1 Å². The van der Waals surface area contributed by atoms with E-state index in [-0.39, 0.29) is 5.91 Å². The number of amides is 1. The quantitative estimate of drug-likeness (QED) is 0.411. The molecule has 9 heteroatoms. The molecule has 186 valence electrons. The molecule has 0 unspecified atom stereocenters. The average molecular weight is 485 g/mol. The largest absolute Gasteiger partial charge is 0.367 e. The fraction of sp³-hybridized carbons (Fsp3) is 0.370. The number of carbonyl (C=O) groups is 1. The summed E-state index contributed by atoms with van der Waals surface area (Å²) in [6.45, 7) is 8.88. The number of nitrogens with one attached hydrogen (secondary N) is 1. The molecule has 3 aromatic heterocycles. The number of hydrogen-bond donors (Lipinski definition) is 1. The number of aromatic nitrogens is 5. The molecule has 0 aliphatic carbocycles. The van der Waals surface area contributed by atoms with Crippen molar-refractivity contribution in [2.75, 3.05) is 42.9 Å². The molecule has 1 aromatic carbocycles. The van der Waals surface area contributed by atoms with Crippen LogP contribution in [0.2, 0.25) is 0 Å². The topological polar surface area (TPSA) is 91.5 Å². The van der Waals surface area contributed by atoms with Gasteiger partial charge in [0.25, 0.3) is 5.78 Å². The molecule has 1 saturated heterocycles. The predicted molar refractivity (Wildman–Crippen MR) is 140 cm³/mol. The van der Waals surface area contributed by atoms with Crippen molar-refractivity contribution in [2.45, 2.75) is 33.1 Å². The summed E-state index contributed by atoms with van der Waals surface area (Å²) in [5.74, 6) is 0.584. The third-order valence-corrected chi connectivity index (χ3v) is 6.95. The normalized spacial score (nSPS) is 14.3. The number of piperazine rings is 1. The first-order valence-electron chi connectivity index (χ1n) is 12.5. The Morgan fingerprint density at radius 3 is 2.58 bits per heavy atom. The summed E-state index contributed by atoms with van der Waals surface area (Å²) in [6, 6.07) is 12.3. The van der Waals surface area contributed by atoms with Gasteiger partial charge in [-0.1, -0.05) is 12.1 Å². The van der Waals surface area contributed by atoms with Crippen LogP contribution >= 0.6 is 0 Å². The van der Waals surface area contributed by atoms with Gasteiger partial charge in [0.1, 0.15) is 6.33 Å². The van der Waals surface area contributed by atoms with E-state index >= 15 is 0 Å². The van der Waals surface area contributed by atoms with Crippen LogP contribution in [-0.4, -0.2) is 68.1 Å². The summed E-state index contributed by atoms with van der Waals surface area (Å²) < 4.78 is 1.73. The molecule has 1 fully saturated rings. The minimum atomic E-state index is -0.00377. The molecular weight excluding hydrogens is 452 g/mol. The third kappa shape index (κ3) is 5.36. The highest BCUT2D eigenvalue weighted by atomic mass is 16.1. The lowest BCUT2D eigenvalue weighted by atomic mass is 10.1. The van der Waals surface area contributed by atoms with Gasteiger partial charge in [-0.2, -0.15) is 10.1 Å². The van der Waals surface area contributed by atoms with Crippen LogP contribution in [0.1, 0.15) is 28.9 Å². The molecule has 4 heterocycles. The Morgan fingerprint density at radius 2 is 1.78 bits per heavy atom. The molecule has 1 aliphatic heterocycles. The maximum Gasteiger partial charge on any atom is 0.252 e. The fourth-order valence-electron chi connectivity index (χ4n) is 4.87. The Labute approximate surface area is 211 Å². The van der Waals surface area contributed by atoms with E-state index in [4.69, 9.17) is 0 Å². The van der Waals surface area contributed by atoms with Gasteiger partial charge in [0.15, 0.2) is 0 Å². The highest BCUT2D eigenvalue weighted by Crippen LogP contribution is 2.27. The molecule has 36 heavy (non-hydrogen) atoms. The van der Waals surface area contributed by atoms with Gasteiger partial charge in [-0.3, -0.25) is 14.7 Å². The number of benzene rings is 1. The molecule has 0 radical (unpaired) electrons. The van der Waals surface area contributed by atoms with Crippen molar-refractivity contribution in [2.24, 2.45) is 0 Å². The zero-order valence-electron chi connectivity index (χ0n) is 20.9. The SMILES string of the molecule is Cc1nc2ncnn2c(C)c1CCC(=O)Nc1ccccc1N1CCN(CCc2ccncc2)CC1. The van der Waals surface area contributed by atoms with Crippen LogP contribution in [0.4, 0.5) is 11.4 Å². The number of nitrogens with zero attached hydrogens (tertiary/aromatic N) is 7. The third-order valence-electron chi connectivity index (χ3n) is 6.95. The zero-order chi connectivity index (χ0) is 24.9. The Kier molecular flexibility index (Phi) is 7.18. The summed E-state index contributed by atoms with van der Waals surface area (Å²) in [7, 11) is 0. The minimum absolute atomic E-state index is 0.00377. The van der Waals surface area contributed by atoms with Gasteiger partial charge in [-0.05, 0) is 62.1 Å². The molecule has 0 bridgehead atoms. The molecule has 0 saturated carbocycles. The Balaban J connectivity index is 1.17. The van der Waals surface area contributed by atoms with Crippen LogP contribution in [0.3, 0.4) is 0 Å². The van der Waals surface area contributed by atoms with E-state index in [0.29, 0.717) is 18.6 Å². The van der Waals surface area contributed by atoms with Crippen LogP contribution in [-0.2, 0) is 17.6 Å². The Bertz CT molecular complexity index is 1330. The summed E-state index contributed by atoms with van der Waals surface area (Å²) in [4.78, 5) is 30.6. The molecule has 9 nitrogen and oxygen atoms in total. The minimum Gasteiger partial charge on any atom is -0.367 e. The number of pyridine rings is 1. The molecule has 1 aliphatic rings. The second-order valence-corrected chi connectivity index (χ2v) is 9.23. The highest BCUT2D eigenvalue weighted by Gasteiger charge is 2.20. The first-order chi connectivity index (χ1) is 17.6. The van der Waals surface area contributed by atoms with Crippen molar-refractivity contribution >= 4 is 23.1 Å².